The molecule has 1 N–H and O–H groups in total. The van der Waals surface area contributed by atoms with Crippen LogP contribution in [0.3, 0.4) is 0 Å². The molecule has 0 aliphatic rings. The van der Waals surface area contributed by atoms with E-state index in [1.165, 1.54) is 17.1 Å². The van der Waals surface area contributed by atoms with Gasteiger partial charge < -0.3 is 5.11 Å². The van der Waals surface area contributed by atoms with Gasteiger partial charge in [0.15, 0.2) is 0 Å². The van der Waals surface area contributed by atoms with E-state index in [0.717, 1.165) is 22.6 Å². The van der Waals surface area contributed by atoms with E-state index in [4.69, 9.17) is 0 Å². The monoisotopic (exact) mass is 304 g/mol. The first-order chi connectivity index (χ1) is 9.79. The molecule has 1 aromatic carbocycles. The molecular formula is C17H24N2OS. The fourth-order valence-electron chi connectivity index (χ4n) is 2.41. The maximum Gasteiger partial charge on any atom is 0.117 e. The zero-order chi connectivity index (χ0) is 15.6. The molecule has 1 unspecified atom stereocenters. The Labute approximate surface area is 131 Å². The van der Waals surface area contributed by atoms with Gasteiger partial charge in [0.1, 0.15) is 6.10 Å². The second-order valence-electron chi connectivity index (χ2n) is 6.98. The zero-order valence-electron chi connectivity index (χ0n) is 13.4. The van der Waals surface area contributed by atoms with Crippen LogP contribution in [0.1, 0.15) is 62.4 Å². The number of hydrogen-bond acceptors (Lipinski definition) is 4. The number of hydrogen-bond donors (Lipinski definition) is 1. The Morgan fingerprint density at radius 3 is 2.57 bits per heavy atom. The summed E-state index contributed by atoms with van der Waals surface area (Å²) in [6.45, 7) is 10.7. The van der Waals surface area contributed by atoms with E-state index < -0.39 is 6.10 Å². The lowest BCUT2D eigenvalue weighted by Gasteiger charge is -2.19. The maximum atomic E-state index is 10.7. The molecule has 0 aliphatic carbocycles. The van der Waals surface area contributed by atoms with Crippen LogP contribution in [-0.2, 0) is 11.8 Å². The van der Waals surface area contributed by atoms with Gasteiger partial charge in [-0.1, -0.05) is 63.4 Å². The van der Waals surface area contributed by atoms with Gasteiger partial charge in [-0.25, -0.2) is 0 Å². The summed E-state index contributed by atoms with van der Waals surface area (Å²) in [4.78, 5) is 0.851. The van der Waals surface area contributed by atoms with Crippen molar-refractivity contribution in [1.82, 2.24) is 9.59 Å². The van der Waals surface area contributed by atoms with Crippen molar-refractivity contribution < 1.29 is 5.11 Å². The molecule has 1 atom stereocenters. The molecule has 1 aromatic heterocycles. The van der Waals surface area contributed by atoms with Crippen molar-refractivity contribution in [1.29, 1.82) is 0 Å². The minimum atomic E-state index is -0.647. The van der Waals surface area contributed by atoms with Crippen LogP contribution in [0.4, 0.5) is 0 Å². The smallest absolute Gasteiger partial charge is 0.117 e. The van der Waals surface area contributed by atoms with Crippen molar-refractivity contribution in [2.45, 2.75) is 52.6 Å². The Bertz CT molecular complexity index is 599. The summed E-state index contributed by atoms with van der Waals surface area (Å²) >= 11 is 1.29. The summed E-state index contributed by atoms with van der Waals surface area (Å²) in [6, 6.07) is 8.20. The highest BCUT2D eigenvalue weighted by Crippen LogP contribution is 2.33. The van der Waals surface area contributed by atoms with Crippen LogP contribution in [0.25, 0.3) is 0 Å². The first-order valence-corrected chi connectivity index (χ1v) is 8.16. The largest absolute Gasteiger partial charge is 0.383 e. The molecule has 0 saturated carbocycles. The van der Waals surface area contributed by atoms with Crippen molar-refractivity contribution in [3.63, 3.8) is 0 Å². The summed E-state index contributed by atoms with van der Waals surface area (Å²) in [6.07, 6.45) is 0.375. The van der Waals surface area contributed by atoms with Crippen LogP contribution >= 0.6 is 11.5 Å². The molecule has 0 spiro atoms. The number of aliphatic hydroxyl groups is 1. The fraction of sp³-hybridized carbons (Fsp3) is 0.529. The fourth-order valence-corrected chi connectivity index (χ4v) is 3.29. The maximum absolute atomic E-state index is 10.7. The van der Waals surface area contributed by atoms with Gasteiger partial charge in [0.25, 0.3) is 0 Å². The van der Waals surface area contributed by atoms with Crippen LogP contribution in [0.15, 0.2) is 24.3 Å². The van der Waals surface area contributed by atoms with Crippen LogP contribution in [0.2, 0.25) is 0 Å². The second-order valence-corrected chi connectivity index (χ2v) is 7.77. The molecule has 0 amide bonds. The van der Waals surface area contributed by atoms with Gasteiger partial charge in [-0.2, -0.15) is 0 Å². The van der Waals surface area contributed by atoms with Crippen molar-refractivity contribution >= 4 is 11.5 Å². The van der Waals surface area contributed by atoms with Crippen molar-refractivity contribution in [3.05, 3.63) is 46.0 Å². The van der Waals surface area contributed by atoms with E-state index >= 15 is 0 Å². The predicted molar refractivity (Wildman–Crippen MR) is 87.7 cm³/mol. The van der Waals surface area contributed by atoms with Crippen molar-refractivity contribution in [3.8, 4) is 0 Å². The highest BCUT2D eigenvalue weighted by atomic mass is 32.1. The summed E-state index contributed by atoms with van der Waals surface area (Å²) < 4.78 is 4.04. The van der Waals surface area contributed by atoms with E-state index in [2.05, 4.69) is 56.3 Å². The third kappa shape index (κ3) is 3.89. The molecule has 1 heterocycles. The number of aromatic nitrogens is 2. The normalized spacial score (nSPS) is 13.7. The van der Waals surface area contributed by atoms with Crippen LogP contribution in [-0.4, -0.2) is 14.7 Å². The lowest BCUT2D eigenvalue weighted by molar-refractivity contribution is 0.221. The minimum Gasteiger partial charge on any atom is -0.383 e. The molecule has 114 valence electrons. The van der Waals surface area contributed by atoms with Gasteiger partial charge in [-0.05, 0) is 35.0 Å². The molecule has 0 saturated heterocycles. The Morgan fingerprint density at radius 2 is 1.95 bits per heavy atom. The van der Waals surface area contributed by atoms with Gasteiger partial charge in [0.05, 0.1) is 10.6 Å². The third-order valence-corrected chi connectivity index (χ3v) is 4.16. The molecule has 0 aliphatic heterocycles. The zero-order valence-corrected chi connectivity index (χ0v) is 14.2. The predicted octanol–water partition coefficient (Wildman–Crippen LogP) is 4.12. The van der Waals surface area contributed by atoms with Gasteiger partial charge in [-0.3, -0.25) is 0 Å². The Kier molecular flexibility index (Phi) is 4.79. The Morgan fingerprint density at radius 1 is 1.24 bits per heavy atom. The molecule has 0 bridgehead atoms. The minimum absolute atomic E-state index is 0.112. The van der Waals surface area contributed by atoms with Crippen LogP contribution in [0.5, 0.6) is 0 Å². The quantitative estimate of drug-likeness (QED) is 0.924. The summed E-state index contributed by atoms with van der Waals surface area (Å²) in [5, 5.41) is 14.9. The first kappa shape index (κ1) is 16.1. The van der Waals surface area contributed by atoms with E-state index in [1.807, 2.05) is 12.1 Å². The second kappa shape index (κ2) is 6.24. The molecule has 2 aromatic rings. The van der Waals surface area contributed by atoms with Crippen LogP contribution < -0.4 is 0 Å². The van der Waals surface area contributed by atoms with E-state index in [9.17, 15) is 5.11 Å². The molecular weight excluding hydrogens is 280 g/mol. The van der Waals surface area contributed by atoms with Crippen molar-refractivity contribution in [2.24, 2.45) is 5.92 Å². The Balaban J connectivity index is 2.32. The van der Waals surface area contributed by atoms with E-state index in [0.29, 0.717) is 5.92 Å². The molecule has 0 fully saturated rings. The lowest BCUT2D eigenvalue weighted by atomic mass is 9.89. The highest BCUT2D eigenvalue weighted by molar-refractivity contribution is 7.05. The van der Waals surface area contributed by atoms with E-state index in [-0.39, 0.29) is 5.41 Å². The van der Waals surface area contributed by atoms with Gasteiger partial charge in [0.2, 0.25) is 0 Å². The first-order valence-electron chi connectivity index (χ1n) is 7.38. The Hall–Kier alpha value is -1.26. The molecule has 0 radical (unpaired) electrons. The van der Waals surface area contributed by atoms with Crippen molar-refractivity contribution in [2.75, 3.05) is 0 Å². The SMILES string of the molecule is CC(C)Cc1cccc(C(O)c2snnc2C(C)(C)C)c1. The summed E-state index contributed by atoms with van der Waals surface area (Å²) in [5.74, 6) is 0.604. The van der Waals surface area contributed by atoms with Gasteiger partial charge in [0, 0.05) is 5.41 Å². The van der Waals surface area contributed by atoms with Crippen LogP contribution in [0, 0.1) is 5.92 Å². The number of nitrogens with zero attached hydrogens (tertiary/aromatic N) is 2. The molecule has 21 heavy (non-hydrogen) atoms. The number of benzene rings is 1. The highest BCUT2D eigenvalue weighted by Gasteiger charge is 2.27. The van der Waals surface area contributed by atoms with Gasteiger partial charge in [-0.15, -0.1) is 5.10 Å². The molecule has 4 heteroatoms. The standard InChI is InChI=1S/C17H24N2OS/c1-11(2)9-12-7-6-8-13(10-12)14(20)15-16(17(3,4)5)18-19-21-15/h6-8,10-11,14,20H,9H2,1-5H3. The third-order valence-electron chi connectivity index (χ3n) is 3.38. The van der Waals surface area contributed by atoms with E-state index in [1.54, 1.807) is 0 Å². The summed E-state index contributed by atoms with van der Waals surface area (Å²) in [7, 11) is 0. The number of rotatable bonds is 4. The average Bonchev–Trinajstić information content (AvgIpc) is 2.86. The topological polar surface area (TPSA) is 46.0 Å². The average molecular weight is 304 g/mol. The lowest BCUT2D eigenvalue weighted by Crippen LogP contribution is -2.16. The molecule has 2 rings (SSSR count). The number of aliphatic hydroxyl groups excluding tert-OH is 1. The summed E-state index contributed by atoms with van der Waals surface area (Å²) in [5.41, 5.74) is 2.95. The molecule has 3 nitrogen and oxygen atoms in total. The van der Waals surface area contributed by atoms with Gasteiger partial charge >= 0.3 is 0 Å².